The van der Waals surface area contributed by atoms with Gasteiger partial charge in [-0.1, -0.05) is 18.6 Å². The van der Waals surface area contributed by atoms with Crippen molar-refractivity contribution in [3.8, 4) is 11.4 Å². The van der Waals surface area contributed by atoms with Crippen LogP contribution in [0.2, 0.25) is 0 Å². The highest BCUT2D eigenvalue weighted by molar-refractivity contribution is 5.93. The largest absolute Gasteiger partial charge is 0.406 e. The highest BCUT2D eigenvalue weighted by Gasteiger charge is 2.30. The van der Waals surface area contributed by atoms with Gasteiger partial charge < -0.3 is 30.6 Å². The van der Waals surface area contributed by atoms with Gasteiger partial charge in [-0.15, -0.1) is 0 Å². The van der Waals surface area contributed by atoms with Crippen molar-refractivity contribution in [3.63, 3.8) is 0 Å². The fourth-order valence-corrected chi connectivity index (χ4v) is 6.07. The molecule has 2 aliphatic rings. The van der Waals surface area contributed by atoms with Gasteiger partial charge in [0.15, 0.2) is 5.82 Å². The van der Waals surface area contributed by atoms with Crippen LogP contribution in [0.15, 0.2) is 60.8 Å². The number of piperidine rings is 1. The second-order valence-corrected chi connectivity index (χ2v) is 11.8. The van der Waals surface area contributed by atoms with Crippen LogP contribution in [0, 0.1) is 0 Å². The van der Waals surface area contributed by atoms with E-state index in [9.17, 15) is 22.8 Å². The molecule has 2 fully saturated rings. The van der Waals surface area contributed by atoms with Gasteiger partial charge in [0.05, 0.1) is 24.8 Å². The average Bonchev–Trinajstić information content (AvgIpc) is 3.46. The van der Waals surface area contributed by atoms with Crippen molar-refractivity contribution in [1.29, 1.82) is 0 Å². The molecule has 0 saturated carbocycles. The number of nitrogens with one attached hydrogen (secondary N) is 2. The summed E-state index contributed by atoms with van der Waals surface area (Å²) in [4.78, 5) is 38.2. The van der Waals surface area contributed by atoms with Crippen molar-refractivity contribution in [2.75, 3.05) is 49.6 Å². The maximum Gasteiger partial charge on any atom is 0.406 e. The van der Waals surface area contributed by atoms with Crippen molar-refractivity contribution in [3.05, 3.63) is 71.9 Å². The van der Waals surface area contributed by atoms with Crippen molar-refractivity contribution in [2.45, 2.75) is 44.6 Å². The Kier molecular flexibility index (Phi) is 9.59. The number of carbonyl (C=O) groups is 2. The smallest absolute Gasteiger partial charge is 0.378 e. The number of benzene rings is 2. The number of hydrogen-bond acceptors (Lipinski definition) is 7. The summed E-state index contributed by atoms with van der Waals surface area (Å²) in [7, 11) is 0. The van der Waals surface area contributed by atoms with E-state index in [1.807, 2.05) is 17.0 Å². The minimum absolute atomic E-state index is 0.198. The van der Waals surface area contributed by atoms with Crippen LogP contribution in [0.5, 0.6) is 0 Å². The van der Waals surface area contributed by atoms with Crippen molar-refractivity contribution < 1.29 is 27.5 Å². The Labute approximate surface area is 269 Å². The molecule has 0 aliphatic carbocycles. The van der Waals surface area contributed by atoms with Crippen LogP contribution in [0.4, 0.5) is 29.5 Å². The Morgan fingerprint density at radius 3 is 2.28 bits per heavy atom. The summed E-state index contributed by atoms with van der Waals surface area (Å²) >= 11 is 0. The van der Waals surface area contributed by atoms with E-state index in [0.717, 1.165) is 42.5 Å². The fraction of sp³-hybridized carbons (Fsp3) is 0.394. The van der Waals surface area contributed by atoms with E-state index in [2.05, 4.69) is 20.5 Å². The lowest BCUT2D eigenvalue weighted by Crippen LogP contribution is -2.52. The summed E-state index contributed by atoms with van der Waals surface area (Å²) in [6.07, 6.45) is 0.501. The third kappa shape index (κ3) is 8.00. The number of ether oxygens (including phenoxy) is 1. The molecule has 3 amide bonds. The van der Waals surface area contributed by atoms with Gasteiger partial charge in [0, 0.05) is 55.6 Å². The van der Waals surface area contributed by atoms with E-state index >= 15 is 0 Å². The quantitative estimate of drug-likeness (QED) is 0.238. The number of nitrogens with zero attached hydrogens (tertiary/aromatic N) is 5. The zero-order valence-corrected chi connectivity index (χ0v) is 25.8. The van der Waals surface area contributed by atoms with E-state index in [0.29, 0.717) is 60.7 Å². The van der Waals surface area contributed by atoms with Gasteiger partial charge in [-0.2, -0.15) is 13.2 Å². The van der Waals surface area contributed by atoms with E-state index in [1.54, 1.807) is 42.5 Å². The number of carbonyl (C=O) groups excluding carboxylic acids is 2. The molecule has 0 spiro atoms. The predicted molar refractivity (Wildman–Crippen MR) is 172 cm³/mol. The number of rotatable bonds is 9. The molecule has 4 heterocycles. The number of likely N-dealkylation sites (tertiary alicyclic amines) is 1. The zero-order valence-electron chi connectivity index (χ0n) is 25.8. The SMILES string of the molecule is NC(=O)c1ccc(CC(NC(=O)Nc2ccc(-c3nc(N4CCOCC4)c4ccn(CC(F)(F)F)c4n3)cc2)N2CCCCC2)cc1. The molecule has 248 valence electrons. The maximum atomic E-state index is 13.4. The minimum atomic E-state index is -4.41. The zero-order chi connectivity index (χ0) is 33.0. The molecule has 0 bridgehead atoms. The van der Waals surface area contributed by atoms with Gasteiger partial charge in [-0.3, -0.25) is 9.69 Å². The van der Waals surface area contributed by atoms with Gasteiger partial charge >= 0.3 is 12.2 Å². The second-order valence-electron chi connectivity index (χ2n) is 11.8. The summed E-state index contributed by atoms with van der Waals surface area (Å²) in [6.45, 7) is 2.67. The number of nitrogens with two attached hydrogens (primary N) is 1. The summed E-state index contributed by atoms with van der Waals surface area (Å²) < 4.78 is 46.6. The number of fused-ring (bicyclic) bond motifs is 1. The van der Waals surface area contributed by atoms with Crippen LogP contribution < -0.4 is 21.3 Å². The molecule has 4 N–H and O–H groups in total. The van der Waals surface area contributed by atoms with E-state index < -0.39 is 18.6 Å². The molecule has 0 radical (unpaired) electrons. The van der Waals surface area contributed by atoms with Crippen LogP contribution in [0.3, 0.4) is 0 Å². The van der Waals surface area contributed by atoms with E-state index in [4.69, 9.17) is 15.5 Å². The Hall–Kier alpha value is -4.69. The summed E-state index contributed by atoms with van der Waals surface area (Å²) in [5, 5.41) is 6.54. The number of alkyl halides is 3. The normalized spacial score (nSPS) is 16.6. The number of primary amides is 1. The van der Waals surface area contributed by atoms with Gasteiger partial charge in [-0.05, 0) is 60.9 Å². The monoisotopic (exact) mass is 650 g/mol. The number of hydrogen-bond donors (Lipinski definition) is 3. The summed E-state index contributed by atoms with van der Waals surface area (Å²) in [5.41, 5.74) is 8.09. The molecule has 11 nitrogen and oxygen atoms in total. The molecule has 2 saturated heterocycles. The van der Waals surface area contributed by atoms with Crippen LogP contribution in [-0.2, 0) is 17.7 Å². The predicted octanol–water partition coefficient (Wildman–Crippen LogP) is 4.77. The Morgan fingerprint density at radius 2 is 1.62 bits per heavy atom. The topological polar surface area (TPSA) is 131 Å². The average molecular weight is 651 g/mol. The molecule has 1 atom stereocenters. The number of halogens is 3. The van der Waals surface area contributed by atoms with Gasteiger partial charge in [0.1, 0.15) is 18.0 Å². The number of aromatic nitrogens is 3. The first-order valence-corrected chi connectivity index (χ1v) is 15.7. The summed E-state index contributed by atoms with van der Waals surface area (Å²) in [5.74, 6) is 0.349. The van der Waals surface area contributed by atoms with Crippen LogP contribution in [0.25, 0.3) is 22.4 Å². The van der Waals surface area contributed by atoms with Crippen LogP contribution in [0.1, 0.15) is 35.2 Å². The highest BCUT2D eigenvalue weighted by Crippen LogP contribution is 2.31. The van der Waals surface area contributed by atoms with Crippen molar-refractivity contribution in [1.82, 2.24) is 24.8 Å². The fourth-order valence-electron chi connectivity index (χ4n) is 6.07. The molecule has 2 aromatic heterocycles. The maximum absolute atomic E-state index is 13.4. The molecule has 1 unspecified atom stereocenters. The van der Waals surface area contributed by atoms with E-state index in [1.165, 1.54) is 6.20 Å². The molecular weight excluding hydrogens is 613 g/mol. The lowest BCUT2D eigenvalue weighted by molar-refractivity contribution is -0.139. The number of urea groups is 1. The molecule has 4 aromatic rings. The first kappa shape index (κ1) is 32.3. The third-order valence-electron chi connectivity index (χ3n) is 8.46. The highest BCUT2D eigenvalue weighted by atomic mass is 19.4. The van der Waals surface area contributed by atoms with Gasteiger partial charge in [-0.25, -0.2) is 14.8 Å². The molecule has 47 heavy (non-hydrogen) atoms. The molecular formula is C33H37F3N8O3. The lowest BCUT2D eigenvalue weighted by atomic mass is 10.0. The van der Waals surface area contributed by atoms with Crippen molar-refractivity contribution >= 4 is 34.5 Å². The first-order valence-electron chi connectivity index (χ1n) is 15.7. The number of amides is 3. The van der Waals surface area contributed by atoms with E-state index in [-0.39, 0.29) is 23.7 Å². The third-order valence-corrected chi connectivity index (χ3v) is 8.46. The minimum Gasteiger partial charge on any atom is -0.378 e. The molecule has 2 aromatic carbocycles. The first-order chi connectivity index (χ1) is 22.6. The second kappa shape index (κ2) is 14.0. The lowest BCUT2D eigenvalue weighted by Gasteiger charge is -2.35. The Balaban J connectivity index is 1.19. The Bertz CT molecular complexity index is 1700. The summed E-state index contributed by atoms with van der Waals surface area (Å²) in [6, 6.07) is 15.2. The van der Waals surface area contributed by atoms with Crippen LogP contribution >= 0.6 is 0 Å². The Morgan fingerprint density at radius 1 is 0.915 bits per heavy atom. The van der Waals surface area contributed by atoms with Gasteiger partial charge in [0.25, 0.3) is 0 Å². The molecule has 6 rings (SSSR count). The molecule has 14 heteroatoms. The standard InChI is InChI=1S/C33H37F3N8O3/c34-33(35,36)21-44-15-12-26-30(43-16-18-47-19-17-43)40-29(41-31(26)44)24-8-10-25(11-9-24)38-32(46)39-27(42-13-2-1-3-14-42)20-22-4-6-23(7-5-22)28(37)45/h4-12,15,27H,1-3,13-14,16-21H2,(H2,37,45)(H2,38,39,46). The van der Waals surface area contributed by atoms with Gasteiger partial charge in [0.2, 0.25) is 5.91 Å². The molecule has 2 aliphatic heterocycles. The van der Waals surface area contributed by atoms with Crippen molar-refractivity contribution in [2.24, 2.45) is 5.73 Å². The number of anilines is 2. The van der Waals surface area contributed by atoms with Crippen LogP contribution in [-0.4, -0.2) is 83.1 Å². The number of morpholine rings is 1.